The summed E-state index contributed by atoms with van der Waals surface area (Å²) in [5.74, 6) is 4.19. The highest BCUT2D eigenvalue weighted by Gasteiger charge is 2.61. The number of ether oxygens (including phenoxy) is 2. The maximum atomic E-state index is 6.53. The maximum absolute atomic E-state index is 6.53. The zero-order valence-corrected chi connectivity index (χ0v) is 17.5. The van der Waals surface area contributed by atoms with E-state index in [-0.39, 0.29) is 12.0 Å². The minimum atomic E-state index is -0.475. The summed E-state index contributed by atoms with van der Waals surface area (Å²) in [6, 6.07) is 18.1. The van der Waals surface area contributed by atoms with Crippen LogP contribution in [0, 0.1) is 23.7 Å². The molecule has 2 atom stereocenters. The molecule has 1 spiro atoms. The molecule has 1 heterocycles. The van der Waals surface area contributed by atoms with E-state index < -0.39 is 5.79 Å². The molecule has 0 aromatic heterocycles. The van der Waals surface area contributed by atoms with E-state index in [0.717, 1.165) is 23.3 Å². The summed E-state index contributed by atoms with van der Waals surface area (Å²) in [6.07, 6.45) is 6.33. The van der Waals surface area contributed by atoms with Crippen molar-refractivity contribution in [1.82, 2.24) is 0 Å². The van der Waals surface area contributed by atoms with Crippen LogP contribution in [-0.4, -0.2) is 18.5 Å². The van der Waals surface area contributed by atoms with E-state index >= 15 is 0 Å². The summed E-state index contributed by atoms with van der Waals surface area (Å²) in [4.78, 5) is 12.2. The van der Waals surface area contributed by atoms with Crippen molar-refractivity contribution >= 4 is 0 Å². The molecule has 1 aliphatic heterocycles. The van der Waals surface area contributed by atoms with Gasteiger partial charge in [-0.15, -0.1) is 0 Å². The number of hydrogen-bond donors (Lipinski definition) is 0. The highest BCUT2D eigenvalue weighted by molar-refractivity contribution is 5.34. The van der Waals surface area contributed by atoms with Crippen LogP contribution in [0.2, 0.25) is 0 Å². The molecule has 4 nitrogen and oxygen atoms in total. The fraction of sp³-hybridized carbons (Fsp3) is 0.538. The first kappa shape index (κ1) is 18.9. The van der Waals surface area contributed by atoms with Crippen molar-refractivity contribution in [2.24, 2.45) is 23.7 Å². The fourth-order valence-electron chi connectivity index (χ4n) is 6.52. The van der Waals surface area contributed by atoms with Gasteiger partial charge in [0.25, 0.3) is 0 Å². The molecule has 2 aromatic carbocycles. The molecule has 5 fully saturated rings. The molecule has 0 N–H and O–H groups in total. The second kappa shape index (κ2) is 7.37. The van der Waals surface area contributed by atoms with Crippen LogP contribution in [0.4, 0.5) is 0 Å². The molecular weight excluding hydrogens is 376 g/mol. The van der Waals surface area contributed by atoms with Crippen LogP contribution in [-0.2, 0) is 14.5 Å². The van der Waals surface area contributed by atoms with Crippen molar-refractivity contribution in [3.05, 3.63) is 60.2 Å². The second-order valence-electron chi connectivity index (χ2n) is 9.83. The van der Waals surface area contributed by atoms with Crippen LogP contribution < -0.4 is 4.74 Å². The predicted octanol–water partition coefficient (Wildman–Crippen LogP) is 6.08. The van der Waals surface area contributed by atoms with Crippen molar-refractivity contribution in [2.45, 2.75) is 56.8 Å². The number of benzene rings is 2. The third-order valence-electron chi connectivity index (χ3n) is 7.99. The predicted molar refractivity (Wildman–Crippen MR) is 113 cm³/mol. The summed E-state index contributed by atoms with van der Waals surface area (Å²) in [5, 5.41) is 0. The van der Waals surface area contributed by atoms with Gasteiger partial charge in [-0.25, -0.2) is 9.78 Å². The largest absolute Gasteiger partial charge is 0.457 e. The van der Waals surface area contributed by atoms with Crippen molar-refractivity contribution < 1.29 is 19.2 Å². The second-order valence-corrected chi connectivity index (χ2v) is 9.83. The van der Waals surface area contributed by atoms with Crippen molar-refractivity contribution in [1.29, 1.82) is 0 Å². The van der Waals surface area contributed by atoms with Gasteiger partial charge in [0.05, 0.1) is 6.61 Å². The molecular formula is C26H30O4. The van der Waals surface area contributed by atoms with Gasteiger partial charge in [-0.1, -0.05) is 37.3 Å². The molecule has 0 amide bonds. The molecule has 5 aliphatic rings. The Morgan fingerprint density at radius 2 is 1.47 bits per heavy atom. The number of hydrogen-bond acceptors (Lipinski definition) is 4. The van der Waals surface area contributed by atoms with Gasteiger partial charge < -0.3 is 9.47 Å². The van der Waals surface area contributed by atoms with Gasteiger partial charge in [0.15, 0.2) is 0 Å². The molecule has 4 saturated carbocycles. The van der Waals surface area contributed by atoms with Gasteiger partial charge >= 0.3 is 0 Å². The average Bonchev–Trinajstić information content (AvgIpc) is 2.78. The van der Waals surface area contributed by atoms with Crippen LogP contribution in [0.25, 0.3) is 0 Å². The SMILES string of the molecule is C[C@H](c1ccc(Oc2ccccc2)cc1)C1COC2(OO1)C1CC3CC(C1)CC2C3. The van der Waals surface area contributed by atoms with Crippen LogP contribution in [0.1, 0.15) is 50.5 Å². The van der Waals surface area contributed by atoms with E-state index in [4.69, 9.17) is 19.2 Å². The van der Waals surface area contributed by atoms with Crippen LogP contribution >= 0.6 is 0 Å². The molecule has 0 radical (unpaired) electrons. The number of para-hydroxylation sites is 1. The lowest BCUT2D eigenvalue weighted by molar-refractivity contribution is -0.526. The maximum Gasteiger partial charge on any atom is 0.207 e. The minimum absolute atomic E-state index is 0.0892. The lowest BCUT2D eigenvalue weighted by Gasteiger charge is -2.60. The Bertz CT molecular complexity index is 840. The summed E-state index contributed by atoms with van der Waals surface area (Å²) >= 11 is 0. The molecule has 4 aliphatic carbocycles. The zero-order valence-electron chi connectivity index (χ0n) is 17.5. The molecule has 158 valence electrons. The number of rotatable bonds is 4. The fourth-order valence-corrected chi connectivity index (χ4v) is 6.52. The first-order chi connectivity index (χ1) is 14.7. The van der Waals surface area contributed by atoms with Crippen LogP contribution in [0.5, 0.6) is 11.5 Å². The standard InChI is InChI=1S/C26H30O4/c1-17(20-7-9-24(10-8-20)28-23-5-3-2-4-6-23)25-16-27-26(30-29-25)21-12-18-11-19(14-21)15-22(26)13-18/h2-10,17-19,21-22,25H,11-16H2,1H3/t17-,18?,19?,21?,22?,25?,26?/m1/s1. The Hall–Kier alpha value is -1.88. The van der Waals surface area contributed by atoms with Crippen LogP contribution in [0.15, 0.2) is 54.6 Å². The van der Waals surface area contributed by atoms with Gasteiger partial charge in [0, 0.05) is 17.8 Å². The monoisotopic (exact) mass is 406 g/mol. The first-order valence-electron chi connectivity index (χ1n) is 11.5. The Kier molecular flexibility index (Phi) is 4.63. The highest BCUT2D eigenvalue weighted by Crippen LogP contribution is 2.60. The molecule has 30 heavy (non-hydrogen) atoms. The van der Waals surface area contributed by atoms with Gasteiger partial charge in [0.1, 0.15) is 17.6 Å². The Balaban J connectivity index is 1.10. The lowest BCUT2D eigenvalue weighted by Crippen LogP contribution is -2.63. The first-order valence-corrected chi connectivity index (χ1v) is 11.5. The minimum Gasteiger partial charge on any atom is -0.457 e. The van der Waals surface area contributed by atoms with Crippen molar-refractivity contribution in [2.75, 3.05) is 6.61 Å². The average molecular weight is 407 g/mol. The van der Waals surface area contributed by atoms with E-state index in [1.54, 1.807) is 0 Å². The third kappa shape index (κ3) is 3.17. The Morgan fingerprint density at radius 3 is 2.07 bits per heavy atom. The zero-order chi connectivity index (χ0) is 20.1. The molecule has 4 heteroatoms. The molecule has 1 saturated heterocycles. The van der Waals surface area contributed by atoms with Gasteiger partial charge in [0.2, 0.25) is 5.79 Å². The van der Waals surface area contributed by atoms with E-state index in [0.29, 0.717) is 18.4 Å². The van der Waals surface area contributed by atoms with Crippen LogP contribution in [0.3, 0.4) is 0 Å². The Labute approximate surface area is 178 Å². The molecule has 1 unspecified atom stereocenters. The summed E-state index contributed by atoms with van der Waals surface area (Å²) in [6.45, 7) is 2.78. The van der Waals surface area contributed by atoms with E-state index in [1.165, 1.54) is 37.7 Å². The van der Waals surface area contributed by atoms with Gasteiger partial charge in [-0.05, 0) is 73.8 Å². The quantitative estimate of drug-likeness (QED) is 0.577. The van der Waals surface area contributed by atoms with Crippen molar-refractivity contribution in [3.63, 3.8) is 0 Å². The summed E-state index contributed by atoms with van der Waals surface area (Å²) in [7, 11) is 0. The van der Waals surface area contributed by atoms with E-state index in [2.05, 4.69) is 19.1 Å². The third-order valence-corrected chi connectivity index (χ3v) is 7.99. The van der Waals surface area contributed by atoms with Gasteiger partial charge in [-0.2, -0.15) is 0 Å². The summed E-state index contributed by atoms with van der Waals surface area (Å²) in [5.41, 5.74) is 1.20. The topological polar surface area (TPSA) is 36.9 Å². The highest BCUT2D eigenvalue weighted by atomic mass is 17.2. The van der Waals surface area contributed by atoms with Crippen molar-refractivity contribution in [3.8, 4) is 11.5 Å². The van der Waals surface area contributed by atoms with E-state index in [9.17, 15) is 0 Å². The Morgan fingerprint density at radius 1 is 0.833 bits per heavy atom. The van der Waals surface area contributed by atoms with E-state index in [1.807, 2.05) is 42.5 Å². The molecule has 2 aromatic rings. The molecule has 7 rings (SSSR count). The van der Waals surface area contributed by atoms with Gasteiger partial charge in [-0.3, -0.25) is 0 Å². The molecule has 4 bridgehead atoms. The normalized spacial score (nSPS) is 38.0. The summed E-state index contributed by atoms with van der Waals surface area (Å²) < 4.78 is 12.4. The lowest BCUT2D eigenvalue weighted by atomic mass is 9.53. The smallest absolute Gasteiger partial charge is 0.207 e.